The third-order valence-electron chi connectivity index (χ3n) is 7.26. The van der Waals surface area contributed by atoms with Gasteiger partial charge in [0.2, 0.25) is 5.91 Å². The first kappa shape index (κ1) is 23.3. The van der Waals surface area contributed by atoms with E-state index < -0.39 is 0 Å². The Kier molecular flexibility index (Phi) is 5.86. The van der Waals surface area contributed by atoms with Crippen LogP contribution in [0.3, 0.4) is 0 Å². The summed E-state index contributed by atoms with van der Waals surface area (Å²) in [4.78, 5) is 30.0. The van der Waals surface area contributed by atoms with Crippen LogP contribution in [0.2, 0.25) is 0 Å². The van der Waals surface area contributed by atoms with Crippen LogP contribution < -0.4 is 10.6 Å². The second-order valence-electron chi connectivity index (χ2n) is 9.89. The Morgan fingerprint density at radius 2 is 1.95 bits per heavy atom. The monoisotopic (exact) mass is 518 g/mol. The maximum absolute atomic E-state index is 12.6. The Labute approximate surface area is 223 Å². The van der Waals surface area contributed by atoms with E-state index in [0.29, 0.717) is 23.7 Å². The molecule has 0 aromatic carbocycles. The summed E-state index contributed by atoms with van der Waals surface area (Å²) in [6, 6.07) is 11.7. The molecule has 0 atom stereocenters. The number of furan rings is 1. The minimum absolute atomic E-state index is 0.0180. The lowest BCUT2D eigenvalue weighted by Crippen LogP contribution is -2.30. The SMILES string of the molecule is O=C(CC1CCNCC1)Nc1cncc(-c2ccc3[nH]nc(-c4cc5c(-c6ccoc6)nccc5[nH]4)c3n2)c1. The quantitative estimate of drug-likeness (QED) is 0.239. The molecular weight excluding hydrogens is 492 g/mol. The van der Waals surface area contributed by atoms with E-state index in [1.54, 1.807) is 31.1 Å². The largest absolute Gasteiger partial charge is 0.472 e. The average Bonchev–Trinajstić information content (AvgIpc) is 3.73. The highest BCUT2D eigenvalue weighted by Crippen LogP contribution is 2.33. The molecule has 0 spiro atoms. The maximum Gasteiger partial charge on any atom is 0.224 e. The van der Waals surface area contributed by atoms with Crippen molar-refractivity contribution in [3.63, 3.8) is 0 Å². The fourth-order valence-corrected chi connectivity index (χ4v) is 5.27. The number of hydrogen-bond donors (Lipinski definition) is 4. The number of carbonyl (C=O) groups excluding carboxylic acids is 1. The Bertz CT molecular complexity index is 1780. The van der Waals surface area contributed by atoms with Crippen LogP contribution in [0.4, 0.5) is 5.69 Å². The van der Waals surface area contributed by atoms with Crippen LogP contribution in [0.1, 0.15) is 19.3 Å². The molecule has 6 aromatic heterocycles. The summed E-state index contributed by atoms with van der Waals surface area (Å²) < 4.78 is 5.27. The lowest BCUT2D eigenvalue weighted by Gasteiger charge is -2.21. The van der Waals surface area contributed by atoms with Gasteiger partial charge in [-0.2, -0.15) is 5.10 Å². The Morgan fingerprint density at radius 1 is 1.03 bits per heavy atom. The molecule has 10 nitrogen and oxygen atoms in total. The molecule has 1 fully saturated rings. The smallest absolute Gasteiger partial charge is 0.224 e. The molecule has 0 bridgehead atoms. The van der Waals surface area contributed by atoms with Crippen LogP contribution >= 0.6 is 0 Å². The van der Waals surface area contributed by atoms with Crippen molar-refractivity contribution in [2.45, 2.75) is 19.3 Å². The van der Waals surface area contributed by atoms with Gasteiger partial charge >= 0.3 is 0 Å². The van der Waals surface area contributed by atoms with Crippen molar-refractivity contribution in [3.8, 4) is 33.9 Å². The highest BCUT2D eigenvalue weighted by atomic mass is 16.3. The van der Waals surface area contributed by atoms with E-state index in [9.17, 15) is 4.79 Å². The van der Waals surface area contributed by atoms with Gasteiger partial charge in [-0.1, -0.05) is 0 Å². The highest BCUT2D eigenvalue weighted by Gasteiger charge is 2.18. The van der Waals surface area contributed by atoms with Gasteiger partial charge in [-0.25, -0.2) is 4.98 Å². The summed E-state index contributed by atoms with van der Waals surface area (Å²) in [5.41, 5.74) is 8.00. The third-order valence-corrected chi connectivity index (χ3v) is 7.26. The molecule has 39 heavy (non-hydrogen) atoms. The number of aromatic nitrogens is 6. The zero-order chi connectivity index (χ0) is 26.2. The number of hydrogen-bond acceptors (Lipinski definition) is 7. The lowest BCUT2D eigenvalue weighted by atomic mass is 9.94. The van der Waals surface area contributed by atoms with Gasteiger partial charge in [-0.15, -0.1) is 0 Å². The van der Waals surface area contributed by atoms with Gasteiger partial charge < -0.3 is 20.0 Å². The first-order valence-electron chi connectivity index (χ1n) is 13.0. The van der Waals surface area contributed by atoms with Gasteiger partial charge in [0.25, 0.3) is 0 Å². The van der Waals surface area contributed by atoms with Crippen LogP contribution in [-0.4, -0.2) is 49.1 Å². The van der Waals surface area contributed by atoms with Crippen LogP contribution in [0, 0.1) is 5.92 Å². The number of aromatic amines is 2. The van der Waals surface area contributed by atoms with Gasteiger partial charge in [-0.05, 0) is 68.2 Å². The fourth-order valence-electron chi connectivity index (χ4n) is 5.27. The number of amides is 1. The summed E-state index contributed by atoms with van der Waals surface area (Å²) in [6.07, 6.45) is 11.1. The van der Waals surface area contributed by atoms with Crippen LogP contribution in [0.5, 0.6) is 0 Å². The summed E-state index contributed by atoms with van der Waals surface area (Å²) in [5, 5.41) is 15.0. The van der Waals surface area contributed by atoms with Crippen molar-refractivity contribution < 1.29 is 9.21 Å². The first-order valence-corrected chi connectivity index (χ1v) is 13.0. The third kappa shape index (κ3) is 4.55. The Balaban J connectivity index is 1.19. The van der Waals surface area contributed by atoms with Crippen molar-refractivity contribution in [1.29, 1.82) is 0 Å². The fraction of sp³-hybridized carbons (Fsp3) is 0.207. The molecule has 0 aliphatic carbocycles. The topological polar surface area (TPSA) is 137 Å². The van der Waals surface area contributed by atoms with E-state index in [0.717, 1.165) is 76.1 Å². The Morgan fingerprint density at radius 3 is 2.82 bits per heavy atom. The van der Waals surface area contributed by atoms with Crippen molar-refractivity contribution in [2.24, 2.45) is 5.92 Å². The van der Waals surface area contributed by atoms with Crippen molar-refractivity contribution in [3.05, 3.63) is 67.5 Å². The zero-order valence-electron chi connectivity index (χ0n) is 21.1. The standard InChI is InChI=1S/C29H26N8O2/c38-26(11-17-3-7-30-8-4-17)33-20-12-19(14-31-15-20)22-1-2-24-28(35-22)29(37-36-24)25-13-21-23(34-25)5-9-32-27(21)18-6-10-39-16-18/h1-2,5-6,9-10,12-17,30,34H,3-4,7-8,11H2,(H,33,38)(H,36,37). The maximum atomic E-state index is 12.6. The van der Waals surface area contributed by atoms with Crippen molar-refractivity contribution in [1.82, 2.24) is 35.5 Å². The first-order chi connectivity index (χ1) is 19.2. The summed E-state index contributed by atoms with van der Waals surface area (Å²) in [6.45, 7) is 1.94. The predicted octanol–water partition coefficient (Wildman–Crippen LogP) is 5.15. The van der Waals surface area contributed by atoms with Crippen LogP contribution in [-0.2, 0) is 4.79 Å². The predicted molar refractivity (Wildman–Crippen MR) is 149 cm³/mol. The minimum atomic E-state index is 0.0180. The van der Waals surface area contributed by atoms with E-state index in [1.807, 2.05) is 36.4 Å². The molecule has 0 radical (unpaired) electrons. The minimum Gasteiger partial charge on any atom is -0.472 e. The normalized spacial score (nSPS) is 14.3. The van der Waals surface area contributed by atoms with Gasteiger partial charge in [0.15, 0.2) is 0 Å². The van der Waals surface area contributed by atoms with E-state index in [4.69, 9.17) is 9.40 Å². The number of fused-ring (bicyclic) bond motifs is 2. The van der Waals surface area contributed by atoms with E-state index in [-0.39, 0.29) is 5.91 Å². The van der Waals surface area contributed by atoms with E-state index in [1.165, 1.54) is 0 Å². The molecule has 0 unspecified atom stereocenters. The van der Waals surface area contributed by atoms with Crippen LogP contribution in [0.15, 0.2) is 71.9 Å². The van der Waals surface area contributed by atoms with Crippen LogP contribution in [0.25, 0.3) is 55.8 Å². The van der Waals surface area contributed by atoms with Gasteiger partial charge in [0.1, 0.15) is 11.2 Å². The molecule has 10 heteroatoms. The number of anilines is 1. The molecule has 1 saturated heterocycles. The van der Waals surface area contributed by atoms with E-state index in [2.05, 4.69) is 35.8 Å². The molecule has 7 rings (SSSR count). The second kappa shape index (κ2) is 9.80. The number of nitrogens with zero attached hydrogens (tertiary/aromatic N) is 4. The Hall–Kier alpha value is -4.83. The molecule has 4 N–H and O–H groups in total. The van der Waals surface area contributed by atoms with Gasteiger partial charge in [0.05, 0.1) is 47.0 Å². The van der Waals surface area contributed by atoms with Gasteiger partial charge in [-0.3, -0.25) is 19.9 Å². The highest BCUT2D eigenvalue weighted by molar-refractivity contribution is 5.99. The van der Waals surface area contributed by atoms with Crippen molar-refractivity contribution >= 4 is 33.5 Å². The number of carbonyl (C=O) groups is 1. The summed E-state index contributed by atoms with van der Waals surface area (Å²) in [7, 11) is 0. The molecule has 6 aromatic rings. The molecular formula is C29H26N8O2. The number of H-pyrrole nitrogens is 2. The molecule has 194 valence electrons. The molecule has 7 heterocycles. The summed E-state index contributed by atoms with van der Waals surface area (Å²) in [5.74, 6) is 0.437. The molecule has 1 amide bonds. The number of piperidine rings is 1. The van der Waals surface area contributed by atoms with E-state index >= 15 is 0 Å². The molecule has 1 aliphatic rings. The molecule has 1 aliphatic heterocycles. The number of nitrogens with one attached hydrogen (secondary N) is 4. The summed E-state index contributed by atoms with van der Waals surface area (Å²) >= 11 is 0. The lowest BCUT2D eigenvalue weighted by molar-refractivity contribution is -0.117. The van der Waals surface area contributed by atoms with Gasteiger partial charge in [0, 0.05) is 40.8 Å². The number of pyridine rings is 3. The average molecular weight is 519 g/mol. The second-order valence-corrected chi connectivity index (χ2v) is 9.89. The number of rotatable bonds is 6. The molecule has 0 saturated carbocycles. The zero-order valence-corrected chi connectivity index (χ0v) is 21.1. The van der Waals surface area contributed by atoms with Crippen molar-refractivity contribution in [2.75, 3.05) is 18.4 Å².